The van der Waals surface area contributed by atoms with Crippen LogP contribution in [0.4, 0.5) is 10.1 Å². The summed E-state index contributed by atoms with van der Waals surface area (Å²) in [5.74, 6) is -0.825. The van der Waals surface area contributed by atoms with Crippen molar-refractivity contribution in [3.8, 4) is 9.88 Å². The molecule has 0 fully saturated rings. The Kier molecular flexibility index (Phi) is 4.01. The van der Waals surface area contributed by atoms with E-state index in [4.69, 9.17) is 11.6 Å². The van der Waals surface area contributed by atoms with Crippen molar-refractivity contribution in [3.63, 3.8) is 0 Å². The molecule has 3 rings (SSSR count). The number of carbonyl (C=O) groups is 1. The zero-order valence-corrected chi connectivity index (χ0v) is 12.9. The molecule has 1 N–H and O–H groups in total. The van der Waals surface area contributed by atoms with Gasteiger partial charge in [-0.3, -0.25) is 4.79 Å². The highest BCUT2D eigenvalue weighted by atomic mass is 35.5. The molecule has 0 bridgehead atoms. The molecule has 7 heteroatoms. The number of carbonyl (C=O) groups excluding carboxylic acids is 1. The zero-order valence-electron chi connectivity index (χ0n) is 10.5. The van der Waals surface area contributed by atoms with Crippen molar-refractivity contribution < 1.29 is 9.18 Å². The number of thiophene rings is 1. The summed E-state index contributed by atoms with van der Waals surface area (Å²) in [7, 11) is 0. The molecule has 21 heavy (non-hydrogen) atoms. The fraction of sp³-hybridized carbons (Fsp3) is 0. The predicted molar refractivity (Wildman–Crippen MR) is 84.8 cm³/mol. The van der Waals surface area contributed by atoms with E-state index in [1.165, 1.54) is 23.5 Å². The van der Waals surface area contributed by atoms with Gasteiger partial charge in [0.2, 0.25) is 0 Å². The van der Waals surface area contributed by atoms with E-state index in [9.17, 15) is 9.18 Å². The Bertz CT molecular complexity index is 786. The molecule has 1 aromatic carbocycles. The van der Waals surface area contributed by atoms with Crippen molar-refractivity contribution in [1.82, 2.24) is 4.98 Å². The van der Waals surface area contributed by atoms with E-state index in [0.29, 0.717) is 11.4 Å². The molecule has 3 nitrogen and oxygen atoms in total. The number of aromatic nitrogens is 1. The molecule has 0 aliphatic rings. The van der Waals surface area contributed by atoms with Gasteiger partial charge >= 0.3 is 0 Å². The molecule has 3 aromatic rings. The second-order valence-corrected chi connectivity index (χ2v) is 6.31. The number of nitrogens with one attached hydrogen (secondary N) is 1. The smallest absolute Gasteiger partial charge is 0.275 e. The van der Waals surface area contributed by atoms with E-state index in [1.807, 2.05) is 17.5 Å². The topological polar surface area (TPSA) is 42.0 Å². The summed E-state index contributed by atoms with van der Waals surface area (Å²) in [6, 6.07) is 7.68. The highest BCUT2D eigenvalue weighted by Crippen LogP contribution is 2.28. The van der Waals surface area contributed by atoms with Crippen molar-refractivity contribution in [2.75, 3.05) is 5.32 Å². The Morgan fingerprint density at radius 1 is 1.29 bits per heavy atom. The minimum absolute atomic E-state index is 0.150. The molecule has 0 radical (unpaired) electrons. The number of amides is 1. The number of halogens is 2. The van der Waals surface area contributed by atoms with Gasteiger partial charge in [-0.1, -0.05) is 17.7 Å². The summed E-state index contributed by atoms with van der Waals surface area (Å²) in [5, 5.41) is 7.20. The second kappa shape index (κ2) is 5.93. The number of nitrogens with zero attached hydrogens (tertiary/aromatic N) is 1. The molecule has 106 valence electrons. The lowest BCUT2D eigenvalue weighted by molar-refractivity contribution is 0.102. The Morgan fingerprint density at radius 3 is 2.86 bits per heavy atom. The fourth-order valence-corrected chi connectivity index (χ4v) is 3.50. The second-order valence-electron chi connectivity index (χ2n) is 4.09. The lowest BCUT2D eigenvalue weighted by Crippen LogP contribution is -2.12. The molecule has 0 aliphatic carbocycles. The van der Waals surface area contributed by atoms with Gasteiger partial charge in [-0.15, -0.1) is 22.7 Å². The zero-order chi connectivity index (χ0) is 14.8. The van der Waals surface area contributed by atoms with E-state index >= 15 is 0 Å². The number of benzene rings is 1. The quantitative estimate of drug-likeness (QED) is 0.736. The fourth-order valence-electron chi connectivity index (χ4n) is 1.67. The van der Waals surface area contributed by atoms with Gasteiger partial charge in [0.05, 0.1) is 15.6 Å². The maximum Gasteiger partial charge on any atom is 0.275 e. The van der Waals surface area contributed by atoms with Crippen molar-refractivity contribution in [2.24, 2.45) is 0 Å². The summed E-state index contributed by atoms with van der Waals surface area (Å²) < 4.78 is 13.0. The molecule has 0 saturated carbocycles. The van der Waals surface area contributed by atoms with Crippen LogP contribution in [-0.4, -0.2) is 10.9 Å². The van der Waals surface area contributed by atoms with Gasteiger partial charge in [0.1, 0.15) is 16.5 Å². The van der Waals surface area contributed by atoms with Crippen molar-refractivity contribution >= 4 is 45.9 Å². The molecule has 1 amide bonds. The first-order valence-electron chi connectivity index (χ1n) is 5.89. The minimum Gasteiger partial charge on any atom is -0.319 e. The molecule has 0 saturated heterocycles. The largest absolute Gasteiger partial charge is 0.319 e. The van der Waals surface area contributed by atoms with Crippen LogP contribution in [0.3, 0.4) is 0 Å². The average Bonchev–Trinajstić information content (AvgIpc) is 3.10. The standard InChI is InChI=1S/C14H8ClFN2OS2/c15-9-6-8(16)3-4-10(9)17-13(19)11-7-21-14(18-11)12-2-1-5-20-12/h1-7H,(H,17,19). The van der Waals surface area contributed by atoms with E-state index in [-0.39, 0.29) is 10.9 Å². The molecule has 0 unspecified atom stereocenters. The minimum atomic E-state index is -0.452. The Hall–Kier alpha value is -1.76. The van der Waals surface area contributed by atoms with Gasteiger partial charge in [0, 0.05) is 5.38 Å². The third-order valence-corrected chi connectivity index (χ3v) is 4.84. The summed E-state index contributed by atoms with van der Waals surface area (Å²) in [6.45, 7) is 0. The molecular formula is C14H8ClFN2OS2. The number of rotatable bonds is 3. The SMILES string of the molecule is O=C(Nc1ccc(F)cc1Cl)c1csc(-c2cccs2)n1. The number of anilines is 1. The van der Waals surface area contributed by atoms with Crippen LogP contribution in [0.15, 0.2) is 41.1 Å². The number of hydrogen-bond donors (Lipinski definition) is 1. The monoisotopic (exact) mass is 338 g/mol. The Morgan fingerprint density at radius 2 is 2.14 bits per heavy atom. The molecule has 2 aromatic heterocycles. The van der Waals surface area contributed by atoms with E-state index in [0.717, 1.165) is 16.0 Å². The molecule has 0 atom stereocenters. The van der Waals surface area contributed by atoms with Gasteiger partial charge in [0.25, 0.3) is 5.91 Å². The summed E-state index contributed by atoms with van der Waals surface area (Å²) >= 11 is 8.84. The molecule has 0 spiro atoms. The molecular weight excluding hydrogens is 331 g/mol. The summed E-state index contributed by atoms with van der Waals surface area (Å²) in [6.07, 6.45) is 0. The summed E-state index contributed by atoms with van der Waals surface area (Å²) in [5.41, 5.74) is 0.664. The first-order chi connectivity index (χ1) is 10.1. The Balaban J connectivity index is 1.79. The first-order valence-corrected chi connectivity index (χ1v) is 8.03. The van der Waals surface area contributed by atoms with Gasteiger partial charge in [-0.05, 0) is 29.6 Å². The van der Waals surface area contributed by atoms with Crippen LogP contribution in [0, 0.1) is 5.82 Å². The van der Waals surface area contributed by atoms with E-state index in [1.54, 1.807) is 16.7 Å². The predicted octanol–water partition coefficient (Wildman–Crippen LogP) is 4.92. The summed E-state index contributed by atoms with van der Waals surface area (Å²) in [4.78, 5) is 17.4. The third-order valence-electron chi connectivity index (χ3n) is 2.65. The maximum absolute atomic E-state index is 13.0. The van der Waals surface area contributed by atoms with Crippen molar-refractivity contribution in [3.05, 3.63) is 57.6 Å². The van der Waals surface area contributed by atoms with Gasteiger partial charge < -0.3 is 5.32 Å². The first kappa shape index (κ1) is 14.2. The molecule has 2 heterocycles. The Labute approximate surface area is 133 Å². The normalized spacial score (nSPS) is 10.6. The van der Waals surface area contributed by atoms with Gasteiger partial charge in [0.15, 0.2) is 0 Å². The van der Waals surface area contributed by atoms with E-state index < -0.39 is 5.82 Å². The van der Waals surface area contributed by atoms with Crippen LogP contribution in [0.2, 0.25) is 5.02 Å². The van der Waals surface area contributed by atoms with E-state index in [2.05, 4.69) is 10.3 Å². The highest BCUT2D eigenvalue weighted by Gasteiger charge is 2.14. The van der Waals surface area contributed by atoms with Crippen LogP contribution in [-0.2, 0) is 0 Å². The van der Waals surface area contributed by atoms with Gasteiger partial charge in [-0.2, -0.15) is 0 Å². The number of hydrogen-bond acceptors (Lipinski definition) is 4. The lowest BCUT2D eigenvalue weighted by Gasteiger charge is -2.05. The average molecular weight is 339 g/mol. The van der Waals surface area contributed by atoms with Crippen LogP contribution in [0.1, 0.15) is 10.5 Å². The van der Waals surface area contributed by atoms with Crippen molar-refractivity contribution in [2.45, 2.75) is 0 Å². The van der Waals surface area contributed by atoms with Crippen LogP contribution in [0.5, 0.6) is 0 Å². The lowest BCUT2D eigenvalue weighted by atomic mass is 10.3. The third kappa shape index (κ3) is 3.12. The number of thiazole rings is 1. The highest BCUT2D eigenvalue weighted by molar-refractivity contribution is 7.20. The van der Waals surface area contributed by atoms with Crippen LogP contribution >= 0.6 is 34.3 Å². The van der Waals surface area contributed by atoms with Gasteiger partial charge in [-0.25, -0.2) is 9.37 Å². The van der Waals surface area contributed by atoms with Crippen LogP contribution < -0.4 is 5.32 Å². The molecule has 0 aliphatic heterocycles. The van der Waals surface area contributed by atoms with Crippen molar-refractivity contribution in [1.29, 1.82) is 0 Å². The van der Waals surface area contributed by atoms with Crippen LogP contribution in [0.25, 0.3) is 9.88 Å². The maximum atomic E-state index is 13.0.